The van der Waals surface area contributed by atoms with E-state index in [-0.39, 0.29) is 6.04 Å². The van der Waals surface area contributed by atoms with Crippen molar-refractivity contribution >= 4 is 22.8 Å². The van der Waals surface area contributed by atoms with Crippen LogP contribution in [0.2, 0.25) is 0 Å². The van der Waals surface area contributed by atoms with Crippen LogP contribution in [0, 0.1) is 0 Å². The fourth-order valence-corrected chi connectivity index (χ4v) is 1.26. The van der Waals surface area contributed by atoms with Gasteiger partial charge < -0.3 is 15.5 Å². The molecular weight excluding hydrogens is 190 g/mol. The maximum Gasteiger partial charge on any atom is 0.296 e. The minimum atomic E-state index is 0.121. The third kappa shape index (κ3) is 1.93. The predicted octanol–water partition coefficient (Wildman–Crippen LogP) is 2.40. The number of fused-ring (bicyclic) bond motifs is 1. The summed E-state index contributed by atoms with van der Waals surface area (Å²) in [4.78, 5) is 4.26. The zero-order chi connectivity index (χ0) is 10.8. The minimum Gasteiger partial charge on any atom is -0.424 e. The number of nitrogen functional groups attached to an aromatic ring is 1. The van der Waals surface area contributed by atoms with Crippen LogP contribution in [-0.4, -0.2) is 11.0 Å². The fraction of sp³-hybridized carbons (Fsp3) is 0.182. The van der Waals surface area contributed by atoms with Crippen molar-refractivity contribution < 1.29 is 4.42 Å². The summed E-state index contributed by atoms with van der Waals surface area (Å²) in [6.07, 6.45) is 1.78. The highest BCUT2D eigenvalue weighted by molar-refractivity contribution is 5.78. The molecule has 1 heterocycles. The summed E-state index contributed by atoms with van der Waals surface area (Å²) in [6, 6.07) is 5.98. The Kier molecular flexibility index (Phi) is 2.33. The lowest BCUT2D eigenvalue weighted by Gasteiger charge is -2.04. The first-order valence-corrected chi connectivity index (χ1v) is 4.74. The van der Waals surface area contributed by atoms with E-state index in [9.17, 15) is 0 Å². The van der Waals surface area contributed by atoms with Crippen molar-refractivity contribution in [1.82, 2.24) is 4.98 Å². The van der Waals surface area contributed by atoms with Gasteiger partial charge in [-0.15, -0.1) is 6.58 Å². The highest BCUT2D eigenvalue weighted by Gasteiger charge is 2.06. The van der Waals surface area contributed by atoms with Gasteiger partial charge in [-0.05, 0) is 25.1 Å². The van der Waals surface area contributed by atoms with Crippen LogP contribution in [0.25, 0.3) is 11.1 Å². The molecule has 15 heavy (non-hydrogen) atoms. The van der Waals surface area contributed by atoms with Crippen LogP contribution < -0.4 is 11.1 Å². The first-order chi connectivity index (χ1) is 7.19. The van der Waals surface area contributed by atoms with E-state index >= 15 is 0 Å². The molecule has 4 heteroatoms. The second-order valence-electron chi connectivity index (χ2n) is 3.41. The number of anilines is 2. The van der Waals surface area contributed by atoms with Crippen molar-refractivity contribution in [2.24, 2.45) is 0 Å². The molecule has 3 N–H and O–H groups in total. The summed E-state index contributed by atoms with van der Waals surface area (Å²) in [5.74, 6) is 0. The molecule has 1 aromatic carbocycles. The van der Waals surface area contributed by atoms with Crippen molar-refractivity contribution in [2.45, 2.75) is 13.0 Å². The maximum atomic E-state index is 5.64. The number of oxazole rings is 1. The molecule has 78 valence electrons. The van der Waals surface area contributed by atoms with Gasteiger partial charge >= 0.3 is 0 Å². The summed E-state index contributed by atoms with van der Waals surface area (Å²) in [7, 11) is 0. The molecule has 0 fully saturated rings. The highest BCUT2D eigenvalue weighted by Crippen LogP contribution is 2.21. The second-order valence-corrected chi connectivity index (χ2v) is 3.41. The van der Waals surface area contributed by atoms with E-state index in [4.69, 9.17) is 10.2 Å². The Bertz CT molecular complexity index is 490. The lowest BCUT2D eigenvalue weighted by atomic mass is 10.3. The Balaban J connectivity index is 2.34. The number of hydrogen-bond acceptors (Lipinski definition) is 4. The lowest BCUT2D eigenvalue weighted by molar-refractivity contribution is 0.610. The summed E-state index contributed by atoms with van der Waals surface area (Å²) in [5, 5.41) is 3.06. The van der Waals surface area contributed by atoms with Crippen LogP contribution in [0.5, 0.6) is 0 Å². The molecule has 1 unspecified atom stereocenters. The Hall–Kier alpha value is -1.97. The molecule has 4 nitrogen and oxygen atoms in total. The van der Waals surface area contributed by atoms with Crippen molar-refractivity contribution in [3.8, 4) is 0 Å². The maximum absolute atomic E-state index is 5.64. The molecule has 0 aliphatic carbocycles. The summed E-state index contributed by atoms with van der Waals surface area (Å²) < 4.78 is 5.47. The number of nitrogens with two attached hydrogens (primary N) is 1. The van der Waals surface area contributed by atoms with Gasteiger partial charge in [0.15, 0.2) is 5.58 Å². The van der Waals surface area contributed by atoms with Crippen LogP contribution in [0.15, 0.2) is 35.3 Å². The number of nitrogens with one attached hydrogen (secondary N) is 1. The SMILES string of the molecule is C=CC(C)Nc1nc2cc(N)ccc2o1. The summed E-state index contributed by atoms with van der Waals surface area (Å²) in [5.41, 5.74) is 7.81. The normalized spacial score (nSPS) is 12.6. The van der Waals surface area contributed by atoms with E-state index in [1.54, 1.807) is 24.3 Å². The van der Waals surface area contributed by atoms with Crippen molar-refractivity contribution in [3.63, 3.8) is 0 Å². The standard InChI is InChI=1S/C11H13N3O/c1-3-7(2)13-11-14-9-6-8(12)4-5-10(9)15-11/h3-7H,1,12H2,2H3,(H,13,14). The Morgan fingerprint density at radius 3 is 3.13 bits per heavy atom. The minimum absolute atomic E-state index is 0.121. The molecular formula is C11H13N3O. The van der Waals surface area contributed by atoms with Gasteiger partial charge in [-0.25, -0.2) is 0 Å². The van der Waals surface area contributed by atoms with Crippen LogP contribution >= 0.6 is 0 Å². The van der Waals surface area contributed by atoms with Gasteiger partial charge in [-0.2, -0.15) is 4.98 Å². The molecule has 2 rings (SSSR count). The Labute approximate surface area is 87.8 Å². The topological polar surface area (TPSA) is 64.1 Å². The van der Waals surface area contributed by atoms with E-state index in [0.717, 1.165) is 11.1 Å². The monoisotopic (exact) mass is 203 g/mol. The van der Waals surface area contributed by atoms with Crippen LogP contribution in [0.4, 0.5) is 11.7 Å². The largest absolute Gasteiger partial charge is 0.424 e. The number of aromatic nitrogens is 1. The zero-order valence-electron chi connectivity index (χ0n) is 8.53. The third-order valence-corrected chi connectivity index (χ3v) is 2.12. The quantitative estimate of drug-likeness (QED) is 0.594. The predicted molar refractivity (Wildman–Crippen MR) is 61.7 cm³/mol. The first-order valence-electron chi connectivity index (χ1n) is 4.74. The summed E-state index contributed by atoms with van der Waals surface area (Å²) in [6.45, 7) is 5.64. The highest BCUT2D eigenvalue weighted by atomic mass is 16.4. The second kappa shape index (κ2) is 3.65. The molecule has 0 amide bonds. The van der Waals surface area contributed by atoms with Crippen LogP contribution in [-0.2, 0) is 0 Å². The molecule has 0 aliphatic rings. The Morgan fingerprint density at radius 2 is 2.40 bits per heavy atom. The molecule has 2 aromatic rings. The fourth-order valence-electron chi connectivity index (χ4n) is 1.26. The number of nitrogens with zero attached hydrogens (tertiary/aromatic N) is 1. The lowest BCUT2D eigenvalue weighted by Crippen LogP contribution is -2.11. The summed E-state index contributed by atoms with van der Waals surface area (Å²) >= 11 is 0. The zero-order valence-corrected chi connectivity index (χ0v) is 8.53. The molecule has 0 radical (unpaired) electrons. The Morgan fingerprint density at radius 1 is 1.60 bits per heavy atom. The smallest absolute Gasteiger partial charge is 0.296 e. The average molecular weight is 203 g/mol. The van der Waals surface area contributed by atoms with Gasteiger partial charge in [-0.1, -0.05) is 6.08 Å². The molecule has 1 aromatic heterocycles. The van der Waals surface area contributed by atoms with E-state index in [2.05, 4.69) is 16.9 Å². The molecule has 0 aliphatic heterocycles. The number of benzene rings is 1. The van der Waals surface area contributed by atoms with Crippen LogP contribution in [0.3, 0.4) is 0 Å². The molecule has 0 spiro atoms. The van der Waals surface area contributed by atoms with Crippen molar-refractivity contribution in [3.05, 3.63) is 30.9 Å². The van der Waals surface area contributed by atoms with Gasteiger partial charge in [0.05, 0.1) is 0 Å². The van der Waals surface area contributed by atoms with E-state index in [0.29, 0.717) is 11.7 Å². The third-order valence-electron chi connectivity index (χ3n) is 2.12. The number of hydrogen-bond donors (Lipinski definition) is 2. The molecule has 1 atom stereocenters. The van der Waals surface area contributed by atoms with E-state index in [1.165, 1.54) is 0 Å². The molecule has 0 saturated carbocycles. The molecule has 0 bridgehead atoms. The van der Waals surface area contributed by atoms with Crippen molar-refractivity contribution in [1.29, 1.82) is 0 Å². The van der Waals surface area contributed by atoms with E-state index in [1.807, 2.05) is 6.92 Å². The average Bonchev–Trinajstić information content (AvgIpc) is 2.59. The number of rotatable bonds is 3. The molecule has 0 saturated heterocycles. The van der Waals surface area contributed by atoms with E-state index < -0.39 is 0 Å². The van der Waals surface area contributed by atoms with Gasteiger partial charge in [0, 0.05) is 11.7 Å². The van der Waals surface area contributed by atoms with Crippen LogP contribution in [0.1, 0.15) is 6.92 Å². The first kappa shape index (κ1) is 9.58. The van der Waals surface area contributed by atoms with Crippen molar-refractivity contribution in [2.75, 3.05) is 11.1 Å². The van der Waals surface area contributed by atoms with Gasteiger partial charge in [0.2, 0.25) is 0 Å². The van der Waals surface area contributed by atoms with Gasteiger partial charge in [0.1, 0.15) is 5.52 Å². The van der Waals surface area contributed by atoms with Gasteiger partial charge in [-0.3, -0.25) is 0 Å². The van der Waals surface area contributed by atoms with Gasteiger partial charge in [0.25, 0.3) is 6.01 Å².